The van der Waals surface area contributed by atoms with Crippen LogP contribution in [0.5, 0.6) is 5.88 Å². The summed E-state index contributed by atoms with van der Waals surface area (Å²) in [6.45, 7) is 2.42. The van der Waals surface area contributed by atoms with Gasteiger partial charge in [-0.25, -0.2) is 0 Å². The van der Waals surface area contributed by atoms with Crippen molar-refractivity contribution in [3.63, 3.8) is 0 Å². The largest absolute Gasteiger partial charge is 0.477 e. The van der Waals surface area contributed by atoms with Crippen molar-refractivity contribution in [2.24, 2.45) is 0 Å². The van der Waals surface area contributed by atoms with Crippen LogP contribution in [0.2, 0.25) is 10.0 Å². The first-order chi connectivity index (χ1) is 12.6. The summed E-state index contributed by atoms with van der Waals surface area (Å²) in [7, 11) is 0. The highest BCUT2D eigenvalue weighted by atomic mass is 35.5. The number of benzene rings is 2. The van der Waals surface area contributed by atoms with Gasteiger partial charge >= 0.3 is 0 Å². The van der Waals surface area contributed by atoms with E-state index >= 15 is 0 Å². The summed E-state index contributed by atoms with van der Waals surface area (Å²) in [5, 5.41) is 11.7. The SMILES string of the molecule is CCOc1ccc(-c2cccc(NC(=O)c3ccc(Cl)c(Cl)c3)c2)nn1. The molecule has 2 aromatic carbocycles. The molecule has 0 saturated carbocycles. The van der Waals surface area contributed by atoms with E-state index in [1.165, 1.54) is 6.07 Å². The Morgan fingerprint density at radius 3 is 2.58 bits per heavy atom. The van der Waals surface area contributed by atoms with Gasteiger partial charge < -0.3 is 10.1 Å². The maximum atomic E-state index is 12.4. The number of nitrogens with one attached hydrogen (secondary N) is 1. The highest BCUT2D eigenvalue weighted by Gasteiger charge is 2.10. The van der Waals surface area contributed by atoms with Gasteiger partial charge in [0.1, 0.15) is 0 Å². The number of hydrogen-bond acceptors (Lipinski definition) is 4. The molecule has 0 aliphatic carbocycles. The van der Waals surface area contributed by atoms with Crippen LogP contribution in [0.4, 0.5) is 5.69 Å². The van der Waals surface area contributed by atoms with Gasteiger partial charge in [-0.15, -0.1) is 10.2 Å². The number of nitrogens with zero attached hydrogens (tertiary/aromatic N) is 2. The van der Waals surface area contributed by atoms with Crippen LogP contribution < -0.4 is 10.1 Å². The Morgan fingerprint density at radius 1 is 1.04 bits per heavy atom. The third-order valence-corrected chi connectivity index (χ3v) is 4.27. The van der Waals surface area contributed by atoms with Gasteiger partial charge in [-0.1, -0.05) is 35.3 Å². The van der Waals surface area contributed by atoms with Gasteiger partial charge in [0.2, 0.25) is 5.88 Å². The minimum Gasteiger partial charge on any atom is -0.477 e. The van der Waals surface area contributed by atoms with Crippen LogP contribution in [0, 0.1) is 0 Å². The molecule has 0 unspecified atom stereocenters. The van der Waals surface area contributed by atoms with Crippen LogP contribution in [0.25, 0.3) is 11.3 Å². The number of carbonyl (C=O) groups is 1. The molecule has 3 aromatic rings. The minimum absolute atomic E-state index is 0.279. The lowest BCUT2D eigenvalue weighted by molar-refractivity contribution is 0.102. The third kappa shape index (κ3) is 4.31. The van der Waals surface area contributed by atoms with Crippen LogP contribution in [0.15, 0.2) is 54.6 Å². The second-order valence-electron chi connectivity index (χ2n) is 5.35. The maximum Gasteiger partial charge on any atom is 0.255 e. The van der Waals surface area contributed by atoms with E-state index in [0.717, 1.165) is 5.56 Å². The Balaban J connectivity index is 1.78. The molecule has 5 nitrogen and oxygen atoms in total. The number of carbonyl (C=O) groups excluding carboxylic acids is 1. The van der Waals surface area contributed by atoms with E-state index in [9.17, 15) is 4.79 Å². The average Bonchev–Trinajstić information content (AvgIpc) is 2.65. The number of anilines is 1. The van der Waals surface area contributed by atoms with Crippen molar-refractivity contribution in [2.45, 2.75) is 6.92 Å². The van der Waals surface area contributed by atoms with Gasteiger partial charge in [0.15, 0.2) is 0 Å². The van der Waals surface area contributed by atoms with E-state index in [1.54, 1.807) is 24.3 Å². The van der Waals surface area contributed by atoms with Gasteiger partial charge in [-0.05, 0) is 43.3 Å². The number of rotatable bonds is 5. The van der Waals surface area contributed by atoms with Crippen molar-refractivity contribution in [1.29, 1.82) is 0 Å². The number of amides is 1. The summed E-state index contributed by atoms with van der Waals surface area (Å²) in [6.07, 6.45) is 0. The van der Waals surface area contributed by atoms with E-state index in [-0.39, 0.29) is 5.91 Å². The molecule has 7 heteroatoms. The Morgan fingerprint density at radius 2 is 1.88 bits per heavy atom. The topological polar surface area (TPSA) is 64.1 Å². The van der Waals surface area contributed by atoms with Crippen molar-refractivity contribution in [1.82, 2.24) is 10.2 Å². The van der Waals surface area contributed by atoms with Crippen LogP contribution in [-0.4, -0.2) is 22.7 Å². The fourth-order valence-electron chi connectivity index (χ4n) is 2.30. The highest BCUT2D eigenvalue weighted by molar-refractivity contribution is 6.42. The Bertz CT molecular complexity index is 930. The molecule has 1 amide bonds. The zero-order chi connectivity index (χ0) is 18.5. The lowest BCUT2D eigenvalue weighted by Crippen LogP contribution is -2.11. The van der Waals surface area contributed by atoms with Crippen molar-refractivity contribution in [2.75, 3.05) is 11.9 Å². The summed E-state index contributed by atoms with van der Waals surface area (Å²) < 4.78 is 5.29. The molecule has 0 aliphatic rings. The standard InChI is InChI=1S/C19H15Cl2N3O2/c1-2-26-18-9-8-17(23-24-18)12-4-3-5-14(10-12)22-19(25)13-6-7-15(20)16(21)11-13/h3-11H,2H2,1H3,(H,22,25). The lowest BCUT2D eigenvalue weighted by atomic mass is 10.1. The average molecular weight is 388 g/mol. The van der Waals surface area contributed by atoms with E-state index in [2.05, 4.69) is 15.5 Å². The maximum absolute atomic E-state index is 12.4. The number of halogens is 2. The van der Waals surface area contributed by atoms with Crippen LogP contribution in [0.1, 0.15) is 17.3 Å². The Labute approximate surface area is 160 Å². The van der Waals surface area contributed by atoms with E-state index < -0.39 is 0 Å². The first kappa shape index (κ1) is 18.2. The number of ether oxygens (including phenoxy) is 1. The summed E-state index contributed by atoms with van der Waals surface area (Å²) in [5.74, 6) is 0.193. The second kappa shape index (κ2) is 8.17. The highest BCUT2D eigenvalue weighted by Crippen LogP contribution is 2.24. The monoisotopic (exact) mass is 387 g/mol. The molecule has 1 N–H and O–H groups in total. The molecular weight excluding hydrogens is 373 g/mol. The molecule has 26 heavy (non-hydrogen) atoms. The predicted molar refractivity (Wildman–Crippen MR) is 103 cm³/mol. The molecule has 1 heterocycles. The Hall–Kier alpha value is -2.63. The van der Waals surface area contributed by atoms with Gasteiger partial charge in [-0.2, -0.15) is 0 Å². The zero-order valence-corrected chi connectivity index (χ0v) is 15.4. The van der Waals surface area contributed by atoms with Gasteiger partial charge in [0.05, 0.1) is 22.3 Å². The van der Waals surface area contributed by atoms with Crippen molar-refractivity contribution >= 4 is 34.8 Å². The number of hydrogen-bond donors (Lipinski definition) is 1. The molecule has 3 rings (SSSR count). The third-order valence-electron chi connectivity index (χ3n) is 3.53. The summed E-state index contributed by atoms with van der Waals surface area (Å²) >= 11 is 11.8. The summed E-state index contributed by atoms with van der Waals surface area (Å²) in [4.78, 5) is 12.4. The Kier molecular flexibility index (Phi) is 5.71. The second-order valence-corrected chi connectivity index (χ2v) is 6.17. The number of aromatic nitrogens is 2. The fraction of sp³-hybridized carbons (Fsp3) is 0.105. The lowest BCUT2D eigenvalue weighted by Gasteiger charge is -2.08. The molecule has 0 saturated heterocycles. The van der Waals surface area contributed by atoms with E-state index in [0.29, 0.717) is 39.5 Å². The molecule has 0 spiro atoms. The van der Waals surface area contributed by atoms with Crippen molar-refractivity contribution in [3.8, 4) is 17.1 Å². The normalized spacial score (nSPS) is 10.4. The fourth-order valence-corrected chi connectivity index (χ4v) is 2.59. The van der Waals surface area contributed by atoms with Crippen LogP contribution in [0.3, 0.4) is 0 Å². The van der Waals surface area contributed by atoms with Crippen molar-refractivity contribution < 1.29 is 9.53 Å². The zero-order valence-electron chi connectivity index (χ0n) is 13.9. The van der Waals surface area contributed by atoms with Gasteiger partial charge in [0, 0.05) is 22.9 Å². The molecule has 0 fully saturated rings. The summed E-state index contributed by atoms with van der Waals surface area (Å²) in [6, 6.07) is 15.6. The summed E-state index contributed by atoms with van der Waals surface area (Å²) in [5.41, 5.74) is 2.56. The molecular formula is C19H15Cl2N3O2. The smallest absolute Gasteiger partial charge is 0.255 e. The van der Waals surface area contributed by atoms with E-state index in [1.807, 2.05) is 31.2 Å². The molecule has 0 bridgehead atoms. The first-order valence-corrected chi connectivity index (χ1v) is 8.66. The van der Waals surface area contributed by atoms with Crippen molar-refractivity contribution in [3.05, 3.63) is 70.2 Å². The molecule has 1 aromatic heterocycles. The molecule has 132 valence electrons. The molecule has 0 radical (unpaired) electrons. The van der Waals surface area contributed by atoms with Crippen LogP contribution in [-0.2, 0) is 0 Å². The quantitative estimate of drug-likeness (QED) is 0.661. The minimum atomic E-state index is -0.279. The van der Waals surface area contributed by atoms with Crippen LogP contribution >= 0.6 is 23.2 Å². The van der Waals surface area contributed by atoms with Gasteiger partial charge in [0.25, 0.3) is 5.91 Å². The molecule has 0 atom stereocenters. The van der Waals surface area contributed by atoms with E-state index in [4.69, 9.17) is 27.9 Å². The molecule has 0 aliphatic heterocycles. The predicted octanol–water partition coefficient (Wildman–Crippen LogP) is 5.10. The van der Waals surface area contributed by atoms with Gasteiger partial charge in [-0.3, -0.25) is 4.79 Å². The first-order valence-electron chi connectivity index (χ1n) is 7.90.